The quantitative estimate of drug-likeness (QED) is 0.265. The first-order valence-electron chi connectivity index (χ1n) is 17.9. The van der Waals surface area contributed by atoms with E-state index in [0.717, 1.165) is 65.7 Å². The number of benzene rings is 8. The Morgan fingerprint density at radius 2 is 0.946 bits per heavy atom. The molecular weight excluding hydrogens is 674 g/mol. The number of furan rings is 1. The molecule has 0 aliphatic heterocycles. The molecular formula is C45H20B7N3O. The predicted molar refractivity (Wildman–Crippen MR) is 239 cm³/mol. The average molecular weight is 694 g/mol. The molecule has 2 heterocycles. The van der Waals surface area contributed by atoms with Gasteiger partial charge in [0.15, 0.2) is 17.5 Å². The fourth-order valence-electron chi connectivity index (χ4n) is 7.94. The molecule has 0 saturated carbocycles. The topological polar surface area (TPSA) is 51.8 Å². The Morgan fingerprint density at radius 3 is 1.68 bits per heavy atom. The zero-order valence-corrected chi connectivity index (χ0v) is 29.8. The minimum atomic E-state index is 0.0851. The van der Waals surface area contributed by atoms with Gasteiger partial charge in [-0.05, 0) is 61.6 Å². The van der Waals surface area contributed by atoms with Crippen LogP contribution in [0, 0.1) is 0 Å². The molecule has 0 bridgehead atoms. The first-order chi connectivity index (χ1) is 27.2. The van der Waals surface area contributed by atoms with Gasteiger partial charge in [-0.3, -0.25) is 0 Å². The van der Waals surface area contributed by atoms with Gasteiger partial charge in [0.25, 0.3) is 0 Å². The van der Waals surface area contributed by atoms with Gasteiger partial charge in [0.05, 0.1) is 0 Å². The van der Waals surface area contributed by atoms with Crippen molar-refractivity contribution in [2.75, 3.05) is 0 Å². The highest BCUT2D eigenvalue weighted by atomic mass is 16.3. The summed E-state index contributed by atoms with van der Waals surface area (Å²) < 4.78 is 6.51. The Balaban J connectivity index is 1.34. The maximum Gasteiger partial charge on any atom is 0.165 e. The molecule has 0 spiro atoms. The molecule has 0 atom stereocenters. The van der Waals surface area contributed by atoms with Crippen LogP contribution in [0.5, 0.6) is 0 Å². The Labute approximate surface area is 332 Å². The number of aromatic nitrogens is 3. The van der Waals surface area contributed by atoms with Gasteiger partial charge < -0.3 is 4.42 Å². The molecule has 14 radical (unpaired) electrons. The minimum absolute atomic E-state index is 0.0851. The van der Waals surface area contributed by atoms with Crippen LogP contribution in [-0.2, 0) is 0 Å². The fourth-order valence-corrected chi connectivity index (χ4v) is 7.94. The first kappa shape index (κ1) is 34.3. The van der Waals surface area contributed by atoms with Crippen LogP contribution in [-0.4, -0.2) is 69.9 Å². The van der Waals surface area contributed by atoms with Crippen LogP contribution >= 0.6 is 0 Å². The Morgan fingerprint density at radius 1 is 0.357 bits per heavy atom. The molecule has 10 aromatic rings. The second kappa shape index (κ2) is 12.9. The Kier molecular flexibility index (Phi) is 7.93. The minimum Gasteiger partial charge on any atom is -0.456 e. The lowest BCUT2D eigenvalue weighted by atomic mass is 9.59. The van der Waals surface area contributed by atoms with Gasteiger partial charge in [0.1, 0.15) is 66.1 Å². The maximum absolute atomic E-state index is 6.84. The molecule has 56 heavy (non-hydrogen) atoms. The van der Waals surface area contributed by atoms with Crippen molar-refractivity contribution >= 4 is 147 Å². The van der Waals surface area contributed by atoms with E-state index in [1.54, 1.807) is 0 Å². The molecule has 10 rings (SSSR count). The number of rotatable bonds is 4. The van der Waals surface area contributed by atoms with Crippen molar-refractivity contribution in [3.8, 4) is 45.3 Å². The van der Waals surface area contributed by atoms with Gasteiger partial charge in [-0.15, -0.1) is 16.4 Å². The second-order valence-electron chi connectivity index (χ2n) is 13.9. The third-order valence-electron chi connectivity index (χ3n) is 10.7. The highest BCUT2D eigenvalue weighted by molar-refractivity contribution is 6.71. The van der Waals surface area contributed by atoms with Crippen LogP contribution in [0.25, 0.3) is 99.5 Å². The normalized spacial score (nSPS) is 11.7. The monoisotopic (exact) mass is 695 g/mol. The summed E-state index contributed by atoms with van der Waals surface area (Å²) in [5.41, 5.74) is 5.96. The van der Waals surface area contributed by atoms with E-state index in [0.29, 0.717) is 28.0 Å². The lowest BCUT2D eigenvalue weighted by Gasteiger charge is -2.25. The Hall–Kier alpha value is -6.20. The van der Waals surface area contributed by atoms with E-state index < -0.39 is 0 Å². The number of nitrogens with zero attached hydrogens (tertiary/aromatic N) is 3. The number of hydrogen-bond donors (Lipinski definition) is 0. The van der Waals surface area contributed by atoms with Crippen LogP contribution in [0.2, 0.25) is 0 Å². The molecule has 0 amide bonds. The SMILES string of the molecule is [B]c1c([B])c([B])c2c(-c3nc(-c4ccccc4)nc(-c4c(-c5cccc6oc7cc8ccccc8cc7c56)ccc5ccccc45)n3)c([B])c([B])c([B])c2c1[B]. The largest absolute Gasteiger partial charge is 0.456 e. The van der Waals surface area contributed by atoms with Gasteiger partial charge in [0.2, 0.25) is 0 Å². The second-order valence-corrected chi connectivity index (χ2v) is 13.9. The molecule has 0 aliphatic carbocycles. The lowest BCUT2D eigenvalue weighted by molar-refractivity contribution is 0.669. The van der Waals surface area contributed by atoms with Gasteiger partial charge in [0, 0.05) is 27.5 Å². The van der Waals surface area contributed by atoms with E-state index in [-0.39, 0.29) is 44.1 Å². The van der Waals surface area contributed by atoms with E-state index in [1.165, 1.54) is 0 Å². The van der Waals surface area contributed by atoms with Crippen molar-refractivity contribution in [2.24, 2.45) is 0 Å². The van der Waals surface area contributed by atoms with Gasteiger partial charge in [-0.1, -0.05) is 125 Å². The van der Waals surface area contributed by atoms with Gasteiger partial charge in [-0.25, -0.2) is 15.0 Å². The number of fused-ring (bicyclic) bond motifs is 6. The van der Waals surface area contributed by atoms with Gasteiger partial charge >= 0.3 is 0 Å². The summed E-state index contributed by atoms with van der Waals surface area (Å²) in [7, 11) is 46.0. The van der Waals surface area contributed by atoms with Crippen molar-refractivity contribution in [3.05, 3.63) is 121 Å². The zero-order chi connectivity index (χ0) is 38.4. The standard InChI is InChI=1S/C45H20B7N3O/c46-36-33-34(38(48)42(52)41(36)51)37(47)40(50)39(49)35(33)45-54-43(22-10-2-1-3-11-22)53-44(55-45)32-25-14-7-6-9-21(25)17-18-27(32)26-15-8-16-29-31(26)28-19-23-12-4-5-13-24(23)20-30(28)56-29/h1-20H. The predicted octanol–water partition coefficient (Wildman–Crippen LogP) is 3.46. The van der Waals surface area contributed by atoms with Crippen LogP contribution in [0.15, 0.2) is 126 Å². The highest BCUT2D eigenvalue weighted by Crippen LogP contribution is 2.44. The third kappa shape index (κ3) is 5.14. The van der Waals surface area contributed by atoms with E-state index >= 15 is 0 Å². The molecule has 0 unspecified atom stereocenters. The van der Waals surface area contributed by atoms with Crippen molar-refractivity contribution in [2.45, 2.75) is 0 Å². The molecule has 0 saturated heterocycles. The molecule has 4 nitrogen and oxygen atoms in total. The molecule has 0 fully saturated rings. The van der Waals surface area contributed by atoms with E-state index in [2.05, 4.69) is 54.6 Å². The van der Waals surface area contributed by atoms with E-state index in [9.17, 15) is 0 Å². The molecule has 8 aromatic carbocycles. The number of hydrogen-bond acceptors (Lipinski definition) is 4. The van der Waals surface area contributed by atoms with Gasteiger partial charge in [-0.2, -0.15) is 0 Å². The van der Waals surface area contributed by atoms with Crippen molar-refractivity contribution in [1.29, 1.82) is 0 Å². The highest BCUT2D eigenvalue weighted by Gasteiger charge is 2.24. The summed E-state index contributed by atoms with van der Waals surface area (Å²) in [5, 5.41) is 6.75. The smallest absolute Gasteiger partial charge is 0.165 e. The summed E-state index contributed by atoms with van der Waals surface area (Å²) in [6, 6.07) is 40.6. The molecule has 242 valence electrons. The van der Waals surface area contributed by atoms with Crippen LogP contribution in [0.4, 0.5) is 0 Å². The third-order valence-corrected chi connectivity index (χ3v) is 10.7. The summed E-state index contributed by atoms with van der Waals surface area (Å²) in [4.78, 5) is 15.4. The molecule has 0 N–H and O–H groups in total. The van der Waals surface area contributed by atoms with Crippen LogP contribution < -0.4 is 38.2 Å². The van der Waals surface area contributed by atoms with Crippen molar-refractivity contribution < 1.29 is 4.42 Å². The van der Waals surface area contributed by atoms with E-state index in [4.69, 9.17) is 74.3 Å². The summed E-state index contributed by atoms with van der Waals surface area (Å²) in [6.07, 6.45) is 0. The average Bonchev–Trinajstić information content (AvgIpc) is 3.60. The zero-order valence-electron chi connectivity index (χ0n) is 29.8. The van der Waals surface area contributed by atoms with Crippen molar-refractivity contribution in [3.63, 3.8) is 0 Å². The molecule has 0 aliphatic rings. The lowest BCUT2D eigenvalue weighted by Crippen LogP contribution is -2.52. The van der Waals surface area contributed by atoms with Crippen LogP contribution in [0.1, 0.15) is 0 Å². The van der Waals surface area contributed by atoms with Crippen molar-refractivity contribution in [1.82, 2.24) is 15.0 Å². The molecule has 2 aromatic heterocycles. The summed E-state index contributed by atoms with van der Waals surface area (Å²) in [6.45, 7) is 0. The summed E-state index contributed by atoms with van der Waals surface area (Å²) in [5.74, 6) is 0.963. The van der Waals surface area contributed by atoms with Crippen LogP contribution in [0.3, 0.4) is 0 Å². The first-order valence-corrected chi connectivity index (χ1v) is 17.9. The van der Waals surface area contributed by atoms with E-state index in [1.807, 2.05) is 66.7 Å². The maximum atomic E-state index is 6.84. The fraction of sp³-hybridized carbons (Fsp3) is 0. The summed E-state index contributed by atoms with van der Waals surface area (Å²) >= 11 is 0. The Bertz CT molecular complexity index is 3280. The molecule has 11 heteroatoms.